The number of aryl methyl sites for hydroxylation is 3. The molecule has 1 saturated heterocycles. The molecule has 1 aliphatic rings. The van der Waals surface area contributed by atoms with E-state index in [0.29, 0.717) is 17.9 Å². The van der Waals surface area contributed by atoms with Gasteiger partial charge < -0.3 is 14.2 Å². The predicted molar refractivity (Wildman–Crippen MR) is 89.9 cm³/mol. The molecule has 0 radical (unpaired) electrons. The van der Waals surface area contributed by atoms with E-state index < -0.39 is 0 Å². The van der Waals surface area contributed by atoms with Gasteiger partial charge >= 0.3 is 0 Å². The van der Waals surface area contributed by atoms with Crippen molar-refractivity contribution in [1.29, 1.82) is 0 Å². The van der Waals surface area contributed by atoms with Gasteiger partial charge in [-0.05, 0) is 45.9 Å². The molecular formula is C18H23N3O2. The van der Waals surface area contributed by atoms with E-state index in [9.17, 15) is 4.79 Å². The van der Waals surface area contributed by atoms with Crippen LogP contribution >= 0.6 is 0 Å². The van der Waals surface area contributed by atoms with Crippen molar-refractivity contribution in [3.63, 3.8) is 0 Å². The van der Waals surface area contributed by atoms with Crippen LogP contribution in [0.2, 0.25) is 0 Å². The Morgan fingerprint density at radius 1 is 1.26 bits per heavy atom. The topological polar surface area (TPSA) is 49.6 Å². The number of hydrogen-bond acceptors (Lipinski definition) is 4. The predicted octanol–water partition coefficient (Wildman–Crippen LogP) is 2.95. The first-order valence-corrected chi connectivity index (χ1v) is 8.02. The number of nitrogens with zero attached hydrogens (tertiary/aromatic N) is 3. The number of rotatable bonds is 2. The Hall–Kier alpha value is -2.30. The van der Waals surface area contributed by atoms with E-state index in [1.54, 1.807) is 0 Å². The van der Waals surface area contributed by atoms with E-state index in [-0.39, 0.29) is 11.9 Å². The van der Waals surface area contributed by atoms with Crippen molar-refractivity contribution in [2.24, 2.45) is 0 Å². The summed E-state index contributed by atoms with van der Waals surface area (Å²) in [7, 11) is 0. The molecule has 0 N–H and O–H groups in total. The van der Waals surface area contributed by atoms with E-state index >= 15 is 0 Å². The van der Waals surface area contributed by atoms with Crippen LogP contribution in [0, 0.1) is 20.8 Å². The summed E-state index contributed by atoms with van der Waals surface area (Å²) in [5.74, 6) is 2.52. The Labute approximate surface area is 136 Å². The minimum atomic E-state index is 0.0590. The van der Waals surface area contributed by atoms with Crippen LogP contribution in [0.4, 0.5) is 5.82 Å². The number of aromatic nitrogens is 1. The molecule has 0 aliphatic carbocycles. The normalized spacial score (nSPS) is 18.3. The zero-order valence-electron chi connectivity index (χ0n) is 14.2. The Kier molecular flexibility index (Phi) is 4.11. The van der Waals surface area contributed by atoms with Gasteiger partial charge in [0.15, 0.2) is 0 Å². The van der Waals surface area contributed by atoms with Crippen molar-refractivity contribution in [3.8, 4) is 0 Å². The van der Waals surface area contributed by atoms with Gasteiger partial charge in [-0.3, -0.25) is 4.79 Å². The molecule has 0 bridgehead atoms. The van der Waals surface area contributed by atoms with Crippen LogP contribution in [0.25, 0.3) is 0 Å². The van der Waals surface area contributed by atoms with Gasteiger partial charge in [0.2, 0.25) is 0 Å². The molecule has 2 aromatic heterocycles. The fourth-order valence-corrected chi connectivity index (χ4v) is 3.17. The number of anilines is 1. The van der Waals surface area contributed by atoms with Crippen molar-refractivity contribution < 1.29 is 9.21 Å². The molecule has 0 spiro atoms. The zero-order chi connectivity index (χ0) is 16.6. The third-order valence-electron chi connectivity index (χ3n) is 4.36. The molecule has 3 rings (SSSR count). The highest BCUT2D eigenvalue weighted by molar-refractivity contribution is 5.95. The molecule has 0 aromatic carbocycles. The quantitative estimate of drug-likeness (QED) is 0.855. The lowest BCUT2D eigenvalue weighted by atomic mass is 10.1. The van der Waals surface area contributed by atoms with Gasteiger partial charge in [-0.1, -0.05) is 6.07 Å². The Balaban J connectivity index is 1.74. The molecule has 1 aliphatic heterocycles. The average Bonchev–Trinajstić information content (AvgIpc) is 2.85. The van der Waals surface area contributed by atoms with E-state index in [2.05, 4.69) is 16.8 Å². The molecule has 3 heterocycles. The van der Waals surface area contributed by atoms with E-state index in [1.807, 2.05) is 49.9 Å². The van der Waals surface area contributed by atoms with Gasteiger partial charge in [-0.2, -0.15) is 0 Å². The van der Waals surface area contributed by atoms with E-state index in [4.69, 9.17) is 4.42 Å². The van der Waals surface area contributed by atoms with Crippen molar-refractivity contribution in [3.05, 3.63) is 47.0 Å². The highest BCUT2D eigenvalue weighted by atomic mass is 16.3. The average molecular weight is 313 g/mol. The van der Waals surface area contributed by atoms with Crippen LogP contribution in [0.1, 0.15) is 34.5 Å². The van der Waals surface area contributed by atoms with Gasteiger partial charge in [0.25, 0.3) is 5.91 Å². The lowest BCUT2D eigenvalue weighted by Crippen LogP contribution is -2.54. The first kappa shape index (κ1) is 15.6. The van der Waals surface area contributed by atoms with Crippen LogP contribution in [0.15, 0.2) is 28.7 Å². The summed E-state index contributed by atoms with van der Waals surface area (Å²) >= 11 is 0. The third kappa shape index (κ3) is 3.09. The molecule has 0 saturated carbocycles. The molecule has 1 unspecified atom stereocenters. The maximum atomic E-state index is 12.8. The second kappa shape index (κ2) is 6.07. The second-order valence-electron chi connectivity index (χ2n) is 6.26. The van der Waals surface area contributed by atoms with Gasteiger partial charge in [0, 0.05) is 31.4 Å². The van der Waals surface area contributed by atoms with Crippen LogP contribution in [-0.2, 0) is 0 Å². The summed E-state index contributed by atoms with van der Waals surface area (Å²) in [6.07, 6.45) is 0. The van der Waals surface area contributed by atoms with E-state index in [0.717, 1.165) is 30.4 Å². The van der Waals surface area contributed by atoms with Crippen LogP contribution in [0.3, 0.4) is 0 Å². The summed E-state index contributed by atoms with van der Waals surface area (Å²) in [5, 5.41) is 0. The van der Waals surface area contributed by atoms with Crippen molar-refractivity contribution in [2.75, 3.05) is 24.5 Å². The van der Waals surface area contributed by atoms with Gasteiger partial charge in [0.1, 0.15) is 17.3 Å². The zero-order valence-corrected chi connectivity index (χ0v) is 14.2. The number of carbonyl (C=O) groups is 1. The number of piperazine rings is 1. The van der Waals surface area contributed by atoms with Crippen LogP contribution in [0.5, 0.6) is 0 Å². The SMILES string of the molecule is Cc1cccc(N2CCN(C(=O)c3cc(C)oc3C)C(C)C2)n1. The number of pyridine rings is 1. The van der Waals surface area contributed by atoms with Crippen molar-refractivity contribution in [1.82, 2.24) is 9.88 Å². The van der Waals surface area contributed by atoms with Gasteiger partial charge in [0.05, 0.1) is 5.56 Å². The largest absolute Gasteiger partial charge is 0.466 e. The standard InChI is InChI=1S/C18H23N3O2/c1-12-6-5-7-17(19-12)20-8-9-21(13(2)11-20)18(22)16-10-14(3)23-15(16)4/h5-7,10,13H,8-9,11H2,1-4H3. The summed E-state index contributed by atoms with van der Waals surface area (Å²) in [6.45, 7) is 10.1. The van der Waals surface area contributed by atoms with Crippen LogP contribution in [-0.4, -0.2) is 41.5 Å². The maximum Gasteiger partial charge on any atom is 0.257 e. The highest BCUT2D eigenvalue weighted by Crippen LogP contribution is 2.22. The van der Waals surface area contributed by atoms with Crippen molar-refractivity contribution >= 4 is 11.7 Å². The third-order valence-corrected chi connectivity index (χ3v) is 4.36. The van der Waals surface area contributed by atoms with Gasteiger partial charge in [-0.25, -0.2) is 4.98 Å². The number of hydrogen-bond donors (Lipinski definition) is 0. The molecule has 122 valence electrons. The number of carbonyl (C=O) groups excluding carboxylic acids is 1. The second-order valence-corrected chi connectivity index (χ2v) is 6.26. The minimum absolute atomic E-state index is 0.0590. The lowest BCUT2D eigenvalue weighted by molar-refractivity contribution is 0.0672. The summed E-state index contributed by atoms with van der Waals surface area (Å²) in [6, 6.07) is 8.02. The van der Waals surface area contributed by atoms with E-state index in [1.165, 1.54) is 0 Å². The summed E-state index contributed by atoms with van der Waals surface area (Å²) in [4.78, 5) is 21.5. The maximum absolute atomic E-state index is 12.8. The Morgan fingerprint density at radius 3 is 2.65 bits per heavy atom. The number of furan rings is 1. The minimum Gasteiger partial charge on any atom is -0.466 e. The smallest absolute Gasteiger partial charge is 0.257 e. The number of amides is 1. The van der Waals surface area contributed by atoms with Crippen molar-refractivity contribution in [2.45, 2.75) is 33.7 Å². The highest BCUT2D eigenvalue weighted by Gasteiger charge is 2.30. The summed E-state index contributed by atoms with van der Waals surface area (Å²) in [5.41, 5.74) is 1.69. The van der Waals surface area contributed by atoms with Gasteiger partial charge in [-0.15, -0.1) is 0 Å². The fraction of sp³-hybridized carbons (Fsp3) is 0.444. The fourth-order valence-electron chi connectivity index (χ4n) is 3.17. The molecule has 5 nitrogen and oxygen atoms in total. The monoisotopic (exact) mass is 313 g/mol. The Morgan fingerprint density at radius 2 is 2.04 bits per heavy atom. The first-order valence-electron chi connectivity index (χ1n) is 8.02. The Bertz CT molecular complexity index is 723. The summed E-state index contributed by atoms with van der Waals surface area (Å²) < 4.78 is 5.50. The molecule has 1 atom stereocenters. The molecule has 23 heavy (non-hydrogen) atoms. The molecule has 5 heteroatoms. The molecular weight excluding hydrogens is 290 g/mol. The molecule has 2 aromatic rings. The molecule has 1 fully saturated rings. The molecule has 1 amide bonds. The van der Waals surface area contributed by atoms with Crippen LogP contribution < -0.4 is 4.90 Å². The lowest BCUT2D eigenvalue weighted by Gasteiger charge is -2.40. The first-order chi connectivity index (χ1) is 11.0.